The second-order valence-corrected chi connectivity index (χ2v) is 4.29. The Hall–Kier alpha value is -0.550. The summed E-state index contributed by atoms with van der Waals surface area (Å²) in [5, 5.41) is 0. The zero-order chi connectivity index (χ0) is 11.6. The van der Waals surface area contributed by atoms with Crippen molar-refractivity contribution in [3.63, 3.8) is 0 Å². The molecule has 0 heterocycles. The number of hydrogen-bond acceptors (Lipinski definition) is 1. The van der Waals surface area contributed by atoms with E-state index in [9.17, 15) is 13.2 Å². The Morgan fingerprint density at radius 3 is 2.47 bits per heavy atom. The van der Waals surface area contributed by atoms with Gasteiger partial charge in [-0.15, -0.1) is 0 Å². The van der Waals surface area contributed by atoms with Crippen LogP contribution in [-0.2, 0) is 0 Å². The lowest BCUT2D eigenvalue weighted by molar-refractivity contribution is -0.138. The van der Waals surface area contributed by atoms with Crippen molar-refractivity contribution in [3.05, 3.63) is 33.8 Å². The van der Waals surface area contributed by atoms with Crippen molar-refractivity contribution in [1.82, 2.24) is 0 Å². The molecule has 0 aliphatic heterocycles. The first-order chi connectivity index (χ1) is 6.79. The van der Waals surface area contributed by atoms with E-state index in [1.54, 1.807) is 18.2 Å². The Morgan fingerprint density at radius 2 is 2.00 bits per heavy atom. The molecule has 1 atom stereocenters. The van der Waals surface area contributed by atoms with E-state index in [2.05, 4.69) is 15.9 Å². The summed E-state index contributed by atoms with van der Waals surface area (Å²) < 4.78 is 37.0. The fraction of sp³-hybridized carbons (Fsp3) is 0.400. The Balaban J connectivity index is 2.83. The van der Waals surface area contributed by atoms with Gasteiger partial charge in [0.25, 0.3) is 0 Å². The molecule has 0 bridgehead atoms. The standard InChI is InChI=1S/C10H11BrF3N/c1-6-2-3-7(4-8(6)11)9(15)5-10(12,13)14/h2-4,9H,5,15H2,1H3/t9-/m0/s1. The first-order valence-electron chi connectivity index (χ1n) is 4.38. The van der Waals surface area contributed by atoms with Crippen molar-refractivity contribution >= 4 is 15.9 Å². The molecule has 0 aliphatic rings. The van der Waals surface area contributed by atoms with E-state index in [0.29, 0.717) is 5.56 Å². The SMILES string of the molecule is Cc1ccc([C@@H](N)CC(F)(F)F)cc1Br. The average Bonchev–Trinajstić information content (AvgIpc) is 2.06. The maximum atomic E-state index is 12.1. The van der Waals surface area contributed by atoms with Crippen molar-refractivity contribution in [2.24, 2.45) is 5.73 Å². The molecule has 0 saturated carbocycles. The molecule has 0 fully saturated rings. The maximum absolute atomic E-state index is 12.1. The molecule has 2 N–H and O–H groups in total. The molecular weight excluding hydrogens is 271 g/mol. The average molecular weight is 282 g/mol. The lowest BCUT2D eigenvalue weighted by atomic mass is 10.0. The van der Waals surface area contributed by atoms with Gasteiger partial charge in [0.1, 0.15) is 0 Å². The van der Waals surface area contributed by atoms with E-state index < -0.39 is 18.6 Å². The van der Waals surface area contributed by atoms with E-state index in [1.807, 2.05) is 6.92 Å². The van der Waals surface area contributed by atoms with Crippen LogP contribution in [-0.4, -0.2) is 6.18 Å². The van der Waals surface area contributed by atoms with Crippen LogP contribution in [0.15, 0.2) is 22.7 Å². The number of alkyl halides is 3. The van der Waals surface area contributed by atoms with Gasteiger partial charge in [-0.2, -0.15) is 13.2 Å². The van der Waals surface area contributed by atoms with Crippen LogP contribution in [0.25, 0.3) is 0 Å². The van der Waals surface area contributed by atoms with Gasteiger partial charge in [0.15, 0.2) is 0 Å². The lowest BCUT2D eigenvalue weighted by Gasteiger charge is -2.15. The van der Waals surface area contributed by atoms with Gasteiger partial charge in [-0.1, -0.05) is 28.1 Å². The monoisotopic (exact) mass is 281 g/mol. The largest absolute Gasteiger partial charge is 0.390 e. The molecule has 0 spiro atoms. The molecule has 0 saturated heterocycles. The van der Waals surface area contributed by atoms with Crippen molar-refractivity contribution in [2.75, 3.05) is 0 Å². The van der Waals surface area contributed by atoms with Gasteiger partial charge in [-0.3, -0.25) is 0 Å². The summed E-state index contributed by atoms with van der Waals surface area (Å²) in [6, 6.07) is 4.00. The summed E-state index contributed by atoms with van der Waals surface area (Å²) in [6.07, 6.45) is -5.22. The van der Waals surface area contributed by atoms with Crippen molar-refractivity contribution in [1.29, 1.82) is 0 Å². The van der Waals surface area contributed by atoms with Crippen molar-refractivity contribution < 1.29 is 13.2 Å². The molecule has 1 aromatic rings. The normalized spacial score (nSPS) is 14.0. The van der Waals surface area contributed by atoms with Crippen LogP contribution < -0.4 is 5.73 Å². The second-order valence-electron chi connectivity index (χ2n) is 3.43. The van der Waals surface area contributed by atoms with Gasteiger partial charge >= 0.3 is 6.18 Å². The topological polar surface area (TPSA) is 26.0 Å². The van der Waals surface area contributed by atoms with E-state index in [-0.39, 0.29) is 0 Å². The van der Waals surface area contributed by atoms with Gasteiger partial charge in [0.05, 0.1) is 6.42 Å². The molecule has 1 nitrogen and oxygen atoms in total. The molecule has 0 radical (unpaired) electrons. The van der Waals surface area contributed by atoms with Crippen LogP contribution in [0.4, 0.5) is 13.2 Å². The molecule has 0 amide bonds. The van der Waals surface area contributed by atoms with Crippen LogP contribution in [0, 0.1) is 6.92 Å². The number of aryl methyl sites for hydroxylation is 1. The summed E-state index contributed by atoms with van der Waals surface area (Å²) in [5.74, 6) is 0. The van der Waals surface area contributed by atoms with E-state index >= 15 is 0 Å². The fourth-order valence-corrected chi connectivity index (χ4v) is 1.60. The Bertz CT molecular complexity index is 349. The fourth-order valence-electron chi connectivity index (χ4n) is 1.21. The number of nitrogens with two attached hydrogens (primary N) is 1. The van der Waals surface area contributed by atoms with Crippen molar-refractivity contribution in [3.8, 4) is 0 Å². The van der Waals surface area contributed by atoms with Crippen LogP contribution in [0.1, 0.15) is 23.6 Å². The summed E-state index contributed by atoms with van der Waals surface area (Å²) in [7, 11) is 0. The Morgan fingerprint density at radius 1 is 1.40 bits per heavy atom. The molecule has 0 aliphatic carbocycles. The first-order valence-corrected chi connectivity index (χ1v) is 5.17. The predicted octanol–water partition coefficient (Wildman–Crippen LogP) is 3.71. The minimum Gasteiger partial charge on any atom is -0.324 e. The second kappa shape index (κ2) is 4.53. The van der Waals surface area contributed by atoms with E-state index in [0.717, 1.165) is 10.0 Å². The van der Waals surface area contributed by atoms with Crippen molar-refractivity contribution in [2.45, 2.75) is 25.6 Å². The van der Waals surface area contributed by atoms with Crippen LogP contribution >= 0.6 is 15.9 Å². The molecule has 1 aromatic carbocycles. The summed E-state index contributed by atoms with van der Waals surface area (Å²) in [6.45, 7) is 1.86. The van der Waals surface area contributed by atoms with Gasteiger partial charge < -0.3 is 5.73 Å². The highest BCUT2D eigenvalue weighted by Gasteiger charge is 2.30. The molecule has 5 heteroatoms. The summed E-state index contributed by atoms with van der Waals surface area (Å²) >= 11 is 3.26. The summed E-state index contributed by atoms with van der Waals surface area (Å²) in [5.41, 5.74) is 6.92. The van der Waals surface area contributed by atoms with Gasteiger partial charge in [-0.25, -0.2) is 0 Å². The van der Waals surface area contributed by atoms with E-state index in [1.165, 1.54) is 0 Å². The summed E-state index contributed by atoms with van der Waals surface area (Å²) in [4.78, 5) is 0. The van der Waals surface area contributed by atoms with Crippen LogP contribution in [0.5, 0.6) is 0 Å². The molecule has 84 valence electrons. The number of hydrogen-bond donors (Lipinski definition) is 1. The minimum atomic E-state index is -4.23. The van der Waals surface area contributed by atoms with E-state index in [4.69, 9.17) is 5.73 Å². The number of halogens is 4. The number of rotatable bonds is 2. The highest BCUT2D eigenvalue weighted by molar-refractivity contribution is 9.10. The van der Waals surface area contributed by atoms with Crippen LogP contribution in [0.3, 0.4) is 0 Å². The minimum absolute atomic E-state index is 0.491. The third-order valence-corrected chi connectivity index (χ3v) is 2.93. The Kier molecular flexibility index (Phi) is 3.78. The van der Waals surface area contributed by atoms with Gasteiger partial charge in [0.2, 0.25) is 0 Å². The predicted molar refractivity (Wildman–Crippen MR) is 56.5 cm³/mol. The van der Waals surface area contributed by atoms with Gasteiger partial charge in [0, 0.05) is 10.5 Å². The first kappa shape index (κ1) is 12.5. The molecule has 15 heavy (non-hydrogen) atoms. The number of benzene rings is 1. The zero-order valence-corrected chi connectivity index (χ0v) is 9.69. The zero-order valence-electron chi connectivity index (χ0n) is 8.11. The highest BCUT2D eigenvalue weighted by Crippen LogP contribution is 2.29. The van der Waals surface area contributed by atoms with Crippen LogP contribution in [0.2, 0.25) is 0 Å². The quantitative estimate of drug-likeness (QED) is 0.879. The molecule has 0 aromatic heterocycles. The molecular formula is C10H11BrF3N. The smallest absolute Gasteiger partial charge is 0.324 e. The maximum Gasteiger partial charge on any atom is 0.390 e. The lowest BCUT2D eigenvalue weighted by Crippen LogP contribution is -2.20. The third kappa shape index (κ3) is 3.83. The molecule has 0 unspecified atom stereocenters. The van der Waals surface area contributed by atoms with Gasteiger partial charge in [-0.05, 0) is 24.1 Å². The Labute approximate surface area is 94.6 Å². The molecule has 1 rings (SSSR count). The highest BCUT2D eigenvalue weighted by atomic mass is 79.9. The third-order valence-electron chi connectivity index (χ3n) is 2.08.